The molecule has 0 bridgehead atoms. The van der Waals surface area contributed by atoms with E-state index in [1.165, 1.54) is 0 Å². The second-order valence-electron chi connectivity index (χ2n) is 3.04. The van der Waals surface area contributed by atoms with Gasteiger partial charge in [0, 0.05) is 14.2 Å². The van der Waals surface area contributed by atoms with E-state index in [1.54, 1.807) is 14.2 Å². The molecule has 3 heteroatoms. The molecule has 0 saturated heterocycles. The van der Waals surface area contributed by atoms with Crippen LogP contribution in [0.15, 0.2) is 0 Å². The molecule has 0 saturated carbocycles. The fourth-order valence-corrected chi connectivity index (χ4v) is 1.33. The number of likely N-dealkylation sites (N-methyl/N-ethyl adjacent to an activating group) is 1. The van der Waals surface area contributed by atoms with Gasteiger partial charge in [-0.3, -0.25) is 0 Å². The molecule has 1 N–H and O–H groups in total. The molecule has 0 aromatic carbocycles. The molecular formula is C9H21NO2. The molecule has 0 aromatic heterocycles. The molecule has 0 rings (SSSR count). The van der Waals surface area contributed by atoms with E-state index in [1.807, 2.05) is 7.05 Å². The van der Waals surface area contributed by atoms with Crippen LogP contribution >= 0.6 is 0 Å². The highest BCUT2D eigenvalue weighted by Gasteiger charge is 2.23. The third kappa shape index (κ3) is 3.09. The van der Waals surface area contributed by atoms with Gasteiger partial charge in [-0.15, -0.1) is 0 Å². The molecule has 0 aliphatic heterocycles. The van der Waals surface area contributed by atoms with Gasteiger partial charge in [0.25, 0.3) is 0 Å². The summed E-state index contributed by atoms with van der Waals surface area (Å²) in [6.45, 7) is 4.35. The molecule has 0 aliphatic carbocycles. The first-order valence-corrected chi connectivity index (χ1v) is 4.44. The van der Waals surface area contributed by atoms with Crippen LogP contribution in [0.3, 0.4) is 0 Å². The zero-order valence-electron chi connectivity index (χ0n) is 8.76. The summed E-state index contributed by atoms with van der Waals surface area (Å²) >= 11 is 0. The van der Waals surface area contributed by atoms with Crippen molar-refractivity contribution in [3.8, 4) is 0 Å². The molecule has 0 amide bonds. The zero-order chi connectivity index (χ0) is 9.56. The molecule has 0 aromatic rings. The molecule has 0 heterocycles. The number of nitrogens with one attached hydrogen (secondary N) is 1. The Bertz CT molecular complexity index is 105. The first-order valence-electron chi connectivity index (χ1n) is 4.44. The van der Waals surface area contributed by atoms with E-state index in [-0.39, 0.29) is 12.3 Å². The van der Waals surface area contributed by atoms with Crippen molar-refractivity contribution < 1.29 is 9.47 Å². The van der Waals surface area contributed by atoms with E-state index < -0.39 is 0 Å². The Balaban J connectivity index is 4.09. The number of methoxy groups -OCH3 is 2. The highest BCUT2D eigenvalue weighted by atomic mass is 16.7. The van der Waals surface area contributed by atoms with Crippen molar-refractivity contribution in [3.05, 3.63) is 0 Å². The number of rotatable bonds is 6. The molecule has 0 aliphatic rings. The van der Waals surface area contributed by atoms with Gasteiger partial charge in [-0.05, 0) is 13.0 Å². The topological polar surface area (TPSA) is 30.5 Å². The van der Waals surface area contributed by atoms with E-state index in [2.05, 4.69) is 19.2 Å². The van der Waals surface area contributed by atoms with Crippen molar-refractivity contribution >= 4 is 0 Å². The Morgan fingerprint density at radius 1 is 1.25 bits per heavy atom. The molecule has 0 fully saturated rings. The van der Waals surface area contributed by atoms with Gasteiger partial charge in [0.15, 0.2) is 6.29 Å². The maximum Gasteiger partial charge on any atom is 0.172 e. The lowest BCUT2D eigenvalue weighted by Crippen LogP contribution is -2.44. The summed E-state index contributed by atoms with van der Waals surface area (Å²) in [6.07, 6.45) is 0.972. The summed E-state index contributed by atoms with van der Waals surface area (Å²) in [4.78, 5) is 0. The maximum absolute atomic E-state index is 5.19. The Morgan fingerprint density at radius 2 is 1.75 bits per heavy atom. The maximum atomic E-state index is 5.19. The lowest BCUT2D eigenvalue weighted by atomic mass is 9.99. The van der Waals surface area contributed by atoms with Gasteiger partial charge in [0.05, 0.1) is 6.04 Å². The third-order valence-electron chi connectivity index (χ3n) is 2.35. The zero-order valence-corrected chi connectivity index (χ0v) is 8.76. The summed E-state index contributed by atoms with van der Waals surface area (Å²) < 4.78 is 10.4. The summed E-state index contributed by atoms with van der Waals surface area (Å²) in [5.74, 6) is 0.555. The van der Waals surface area contributed by atoms with E-state index in [4.69, 9.17) is 9.47 Å². The van der Waals surface area contributed by atoms with Crippen LogP contribution in [0, 0.1) is 5.92 Å². The predicted molar refractivity (Wildman–Crippen MR) is 50.1 cm³/mol. The van der Waals surface area contributed by atoms with Crippen LogP contribution in [0.5, 0.6) is 0 Å². The number of ether oxygens (including phenoxy) is 2. The van der Waals surface area contributed by atoms with Crippen LogP contribution in [0.4, 0.5) is 0 Å². The fraction of sp³-hybridized carbons (Fsp3) is 1.00. The summed E-state index contributed by atoms with van der Waals surface area (Å²) in [7, 11) is 5.27. The largest absolute Gasteiger partial charge is 0.354 e. The summed E-state index contributed by atoms with van der Waals surface area (Å²) in [5, 5.41) is 3.20. The third-order valence-corrected chi connectivity index (χ3v) is 2.35. The normalized spacial score (nSPS) is 16.5. The summed E-state index contributed by atoms with van der Waals surface area (Å²) in [6, 6.07) is 0.269. The average Bonchev–Trinajstić information content (AvgIpc) is 2.12. The molecule has 0 radical (unpaired) electrons. The Morgan fingerprint density at radius 3 is 2.00 bits per heavy atom. The average molecular weight is 175 g/mol. The lowest BCUT2D eigenvalue weighted by Gasteiger charge is -2.28. The predicted octanol–water partition coefficient (Wildman–Crippen LogP) is 1.24. The summed E-state index contributed by atoms with van der Waals surface area (Å²) in [5.41, 5.74) is 0. The van der Waals surface area contributed by atoms with Crippen molar-refractivity contribution in [1.82, 2.24) is 5.32 Å². The van der Waals surface area contributed by atoms with Crippen LogP contribution in [0.2, 0.25) is 0 Å². The van der Waals surface area contributed by atoms with Gasteiger partial charge in [0.1, 0.15) is 0 Å². The standard InChI is InChI=1S/C9H21NO2/c1-6-7(2)8(10-3)9(11-4)12-5/h7-10H,6H2,1-5H3. The van der Waals surface area contributed by atoms with Crippen molar-refractivity contribution in [1.29, 1.82) is 0 Å². The van der Waals surface area contributed by atoms with E-state index in [0.29, 0.717) is 5.92 Å². The number of hydrogen-bond acceptors (Lipinski definition) is 3. The van der Waals surface area contributed by atoms with Gasteiger partial charge in [-0.1, -0.05) is 20.3 Å². The molecule has 2 unspecified atom stereocenters. The first kappa shape index (κ1) is 11.9. The molecule has 3 nitrogen and oxygen atoms in total. The van der Waals surface area contributed by atoms with Crippen LogP contribution in [-0.4, -0.2) is 33.6 Å². The SMILES string of the molecule is CCC(C)C(NC)C(OC)OC. The fourth-order valence-electron chi connectivity index (χ4n) is 1.33. The molecular weight excluding hydrogens is 154 g/mol. The Hall–Kier alpha value is -0.120. The van der Waals surface area contributed by atoms with Crippen molar-refractivity contribution in [2.45, 2.75) is 32.6 Å². The van der Waals surface area contributed by atoms with Gasteiger partial charge in [-0.2, -0.15) is 0 Å². The molecule has 2 atom stereocenters. The van der Waals surface area contributed by atoms with E-state index in [0.717, 1.165) is 6.42 Å². The minimum absolute atomic E-state index is 0.148. The van der Waals surface area contributed by atoms with Crippen molar-refractivity contribution in [2.24, 2.45) is 5.92 Å². The second kappa shape index (κ2) is 6.40. The van der Waals surface area contributed by atoms with Crippen LogP contribution < -0.4 is 5.32 Å². The second-order valence-corrected chi connectivity index (χ2v) is 3.04. The van der Waals surface area contributed by atoms with E-state index >= 15 is 0 Å². The van der Waals surface area contributed by atoms with Crippen LogP contribution in [0.1, 0.15) is 20.3 Å². The monoisotopic (exact) mass is 175 g/mol. The molecule has 74 valence electrons. The van der Waals surface area contributed by atoms with Gasteiger partial charge in [-0.25, -0.2) is 0 Å². The minimum atomic E-state index is -0.148. The van der Waals surface area contributed by atoms with Gasteiger partial charge >= 0.3 is 0 Å². The lowest BCUT2D eigenvalue weighted by molar-refractivity contribution is -0.130. The Kier molecular flexibility index (Phi) is 6.34. The first-order chi connectivity index (χ1) is 5.71. The highest BCUT2D eigenvalue weighted by molar-refractivity contribution is 4.74. The quantitative estimate of drug-likeness (QED) is 0.616. The molecule has 12 heavy (non-hydrogen) atoms. The van der Waals surface area contributed by atoms with E-state index in [9.17, 15) is 0 Å². The van der Waals surface area contributed by atoms with Crippen LogP contribution in [0.25, 0.3) is 0 Å². The van der Waals surface area contributed by atoms with Gasteiger partial charge in [0.2, 0.25) is 0 Å². The van der Waals surface area contributed by atoms with Crippen molar-refractivity contribution in [3.63, 3.8) is 0 Å². The van der Waals surface area contributed by atoms with Crippen LogP contribution in [-0.2, 0) is 9.47 Å². The minimum Gasteiger partial charge on any atom is -0.354 e. The smallest absolute Gasteiger partial charge is 0.172 e. The number of hydrogen-bond donors (Lipinski definition) is 1. The molecule has 0 spiro atoms. The van der Waals surface area contributed by atoms with Crippen molar-refractivity contribution in [2.75, 3.05) is 21.3 Å². The highest BCUT2D eigenvalue weighted by Crippen LogP contribution is 2.13. The Labute approximate surface area is 75.4 Å². The van der Waals surface area contributed by atoms with Gasteiger partial charge < -0.3 is 14.8 Å².